The van der Waals surface area contributed by atoms with E-state index in [1.165, 1.54) is 0 Å². The molecule has 1 aliphatic rings. The van der Waals surface area contributed by atoms with Crippen LogP contribution in [0.2, 0.25) is 0 Å². The van der Waals surface area contributed by atoms with Crippen molar-refractivity contribution in [1.29, 1.82) is 0 Å². The first-order valence-corrected chi connectivity index (χ1v) is 6.73. The van der Waals surface area contributed by atoms with Crippen molar-refractivity contribution in [2.24, 2.45) is 5.73 Å². The molecule has 2 atom stereocenters. The van der Waals surface area contributed by atoms with Crippen LogP contribution in [0.4, 0.5) is 10.5 Å². The van der Waals surface area contributed by atoms with Crippen molar-refractivity contribution in [1.82, 2.24) is 0 Å². The molecular formula is C15H22N2O3. The summed E-state index contributed by atoms with van der Waals surface area (Å²) in [4.78, 5) is 11.7. The van der Waals surface area contributed by atoms with Crippen molar-refractivity contribution < 1.29 is 14.3 Å². The van der Waals surface area contributed by atoms with Gasteiger partial charge in [0.15, 0.2) is 0 Å². The Labute approximate surface area is 119 Å². The van der Waals surface area contributed by atoms with Crippen molar-refractivity contribution >= 4 is 11.8 Å². The van der Waals surface area contributed by atoms with Crippen LogP contribution in [0.3, 0.4) is 0 Å². The van der Waals surface area contributed by atoms with Crippen LogP contribution < -0.4 is 15.8 Å². The molecule has 5 heteroatoms. The van der Waals surface area contributed by atoms with Gasteiger partial charge in [-0.05, 0) is 38.8 Å². The number of hydrogen-bond donors (Lipinski definition) is 2. The molecule has 2 rings (SSSR count). The lowest BCUT2D eigenvalue weighted by atomic mass is 10.1. The monoisotopic (exact) mass is 278 g/mol. The summed E-state index contributed by atoms with van der Waals surface area (Å²) >= 11 is 0. The van der Waals surface area contributed by atoms with Gasteiger partial charge in [-0.2, -0.15) is 0 Å². The summed E-state index contributed by atoms with van der Waals surface area (Å²) in [6.45, 7) is 5.47. The van der Waals surface area contributed by atoms with Gasteiger partial charge in [-0.1, -0.05) is 6.07 Å². The zero-order chi connectivity index (χ0) is 14.9. The predicted octanol–water partition coefficient (Wildman–Crippen LogP) is 2.86. The first-order valence-electron chi connectivity index (χ1n) is 6.73. The Morgan fingerprint density at radius 2 is 2.05 bits per heavy atom. The highest BCUT2D eigenvalue weighted by molar-refractivity contribution is 5.85. The number of ether oxygens (including phenoxy) is 2. The number of hydrogen-bond acceptors (Lipinski definition) is 4. The van der Waals surface area contributed by atoms with Gasteiger partial charge < -0.3 is 15.2 Å². The molecule has 0 radical (unpaired) electrons. The maximum absolute atomic E-state index is 11.7. The van der Waals surface area contributed by atoms with E-state index < -0.39 is 11.7 Å². The van der Waals surface area contributed by atoms with Crippen molar-refractivity contribution in [2.75, 3.05) is 12.4 Å². The summed E-state index contributed by atoms with van der Waals surface area (Å²) < 4.78 is 10.6. The number of anilines is 1. The Bertz CT molecular complexity index is 508. The molecule has 1 fully saturated rings. The molecule has 1 saturated carbocycles. The molecule has 110 valence electrons. The molecule has 0 heterocycles. The predicted molar refractivity (Wildman–Crippen MR) is 78.2 cm³/mol. The molecule has 0 bridgehead atoms. The van der Waals surface area contributed by atoms with E-state index >= 15 is 0 Å². The van der Waals surface area contributed by atoms with Gasteiger partial charge in [0, 0.05) is 23.7 Å². The Balaban J connectivity index is 2.08. The smallest absolute Gasteiger partial charge is 0.412 e. The number of carbonyl (C=O) groups is 1. The number of methoxy groups -OCH3 is 1. The Kier molecular flexibility index (Phi) is 3.90. The van der Waals surface area contributed by atoms with Crippen LogP contribution in [0.25, 0.3) is 0 Å². The van der Waals surface area contributed by atoms with Gasteiger partial charge in [0.05, 0.1) is 7.11 Å². The highest BCUT2D eigenvalue weighted by atomic mass is 16.6. The maximum Gasteiger partial charge on any atom is 0.412 e. The third-order valence-corrected chi connectivity index (χ3v) is 3.12. The molecule has 1 amide bonds. The molecule has 3 N–H and O–H groups in total. The van der Waals surface area contributed by atoms with Crippen LogP contribution in [0.15, 0.2) is 18.2 Å². The van der Waals surface area contributed by atoms with Gasteiger partial charge in [0.1, 0.15) is 11.4 Å². The topological polar surface area (TPSA) is 73.6 Å². The van der Waals surface area contributed by atoms with Crippen LogP contribution >= 0.6 is 0 Å². The van der Waals surface area contributed by atoms with Gasteiger partial charge in [-0.3, -0.25) is 5.32 Å². The van der Waals surface area contributed by atoms with E-state index in [2.05, 4.69) is 5.32 Å². The van der Waals surface area contributed by atoms with E-state index in [4.69, 9.17) is 15.2 Å². The molecule has 1 aliphatic carbocycles. The highest BCUT2D eigenvalue weighted by Gasteiger charge is 2.36. The quantitative estimate of drug-likeness (QED) is 0.891. The van der Waals surface area contributed by atoms with Crippen molar-refractivity contribution in [3.63, 3.8) is 0 Å². The highest BCUT2D eigenvalue weighted by Crippen LogP contribution is 2.44. The second kappa shape index (κ2) is 5.32. The first-order chi connectivity index (χ1) is 9.30. The third-order valence-electron chi connectivity index (χ3n) is 3.12. The lowest BCUT2D eigenvalue weighted by Gasteiger charge is -2.20. The lowest BCUT2D eigenvalue weighted by Crippen LogP contribution is -2.27. The molecule has 0 aromatic heterocycles. The summed E-state index contributed by atoms with van der Waals surface area (Å²) in [5.41, 5.74) is 7.09. The summed E-state index contributed by atoms with van der Waals surface area (Å²) in [5.74, 6) is 1.11. The van der Waals surface area contributed by atoms with E-state index in [1.54, 1.807) is 13.2 Å². The average Bonchev–Trinajstić information content (AvgIpc) is 3.03. The normalized spacial score (nSPS) is 21.2. The molecule has 1 aromatic rings. The van der Waals surface area contributed by atoms with Gasteiger partial charge >= 0.3 is 6.09 Å². The van der Waals surface area contributed by atoms with E-state index in [0.29, 0.717) is 11.6 Å². The zero-order valence-corrected chi connectivity index (χ0v) is 12.4. The van der Waals surface area contributed by atoms with E-state index in [1.807, 2.05) is 32.9 Å². The van der Waals surface area contributed by atoms with Crippen LogP contribution in [0, 0.1) is 0 Å². The minimum atomic E-state index is -0.519. The molecule has 0 spiro atoms. The number of carbonyl (C=O) groups excluding carboxylic acids is 1. The number of nitrogens with one attached hydrogen (secondary N) is 1. The second-order valence-corrected chi connectivity index (χ2v) is 6.09. The largest absolute Gasteiger partial charge is 0.496 e. The van der Waals surface area contributed by atoms with Crippen LogP contribution in [-0.4, -0.2) is 24.8 Å². The Morgan fingerprint density at radius 1 is 1.40 bits per heavy atom. The fraction of sp³-hybridized carbons (Fsp3) is 0.533. The van der Waals surface area contributed by atoms with Crippen molar-refractivity contribution in [2.45, 2.75) is 44.8 Å². The third kappa shape index (κ3) is 3.63. The average molecular weight is 278 g/mol. The standard InChI is InChI=1S/C15H22N2O3/c1-15(2,3)20-14(18)17-9-5-6-10(11-8-12(11)16)13(7-9)19-4/h5-7,11-12H,8,16H2,1-4H3,(H,17,18). The fourth-order valence-corrected chi connectivity index (χ4v) is 2.09. The SMILES string of the molecule is COc1cc(NC(=O)OC(C)(C)C)ccc1C1CC1N. The Morgan fingerprint density at radius 3 is 2.55 bits per heavy atom. The van der Waals surface area contributed by atoms with E-state index in [9.17, 15) is 4.79 Å². The fourth-order valence-electron chi connectivity index (χ4n) is 2.09. The molecule has 2 unspecified atom stereocenters. The number of nitrogens with two attached hydrogens (primary N) is 1. The molecule has 0 saturated heterocycles. The van der Waals surface area contributed by atoms with Gasteiger partial charge in [0.2, 0.25) is 0 Å². The zero-order valence-electron chi connectivity index (χ0n) is 12.4. The minimum absolute atomic E-state index is 0.216. The first kappa shape index (κ1) is 14.7. The minimum Gasteiger partial charge on any atom is -0.496 e. The Hall–Kier alpha value is -1.75. The molecule has 20 heavy (non-hydrogen) atoms. The van der Waals surface area contributed by atoms with Gasteiger partial charge in [0.25, 0.3) is 0 Å². The number of amides is 1. The second-order valence-electron chi connectivity index (χ2n) is 6.09. The summed E-state index contributed by atoms with van der Waals surface area (Å²) in [6.07, 6.45) is 0.505. The van der Waals surface area contributed by atoms with Crippen LogP contribution in [0.1, 0.15) is 38.7 Å². The van der Waals surface area contributed by atoms with E-state index in [-0.39, 0.29) is 6.04 Å². The van der Waals surface area contributed by atoms with Gasteiger partial charge in [-0.15, -0.1) is 0 Å². The molecule has 1 aromatic carbocycles. The molecular weight excluding hydrogens is 256 g/mol. The van der Waals surface area contributed by atoms with Crippen LogP contribution in [0.5, 0.6) is 5.75 Å². The molecule has 5 nitrogen and oxygen atoms in total. The van der Waals surface area contributed by atoms with E-state index in [0.717, 1.165) is 17.7 Å². The van der Waals surface area contributed by atoms with Crippen molar-refractivity contribution in [3.05, 3.63) is 23.8 Å². The van der Waals surface area contributed by atoms with Crippen molar-refractivity contribution in [3.8, 4) is 5.75 Å². The van der Waals surface area contributed by atoms with Crippen LogP contribution in [-0.2, 0) is 4.74 Å². The summed E-state index contributed by atoms with van der Waals surface area (Å²) in [5, 5.41) is 2.70. The summed E-state index contributed by atoms with van der Waals surface area (Å²) in [6, 6.07) is 5.80. The number of rotatable bonds is 3. The van der Waals surface area contributed by atoms with Gasteiger partial charge in [-0.25, -0.2) is 4.79 Å². The molecule has 0 aliphatic heterocycles. The maximum atomic E-state index is 11.7. The summed E-state index contributed by atoms with van der Waals surface area (Å²) in [7, 11) is 1.62. The number of benzene rings is 1. The lowest BCUT2D eigenvalue weighted by molar-refractivity contribution is 0.0636.